The number of ether oxygens (including phenoxy) is 4. The van der Waals surface area contributed by atoms with Crippen LogP contribution >= 0.6 is 0 Å². The van der Waals surface area contributed by atoms with E-state index in [2.05, 4.69) is 5.43 Å². The van der Waals surface area contributed by atoms with Gasteiger partial charge in [-0.15, -0.1) is 0 Å². The van der Waals surface area contributed by atoms with Gasteiger partial charge >= 0.3 is 11.9 Å². The molecule has 35 heavy (non-hydrogen) atoms. The second-order valence-corrected chi connectivity index (χ2v) is 8.70. The van der Waals surface area contributed by atoms with Crippen molar-refractivity contribution in [3.05, 3.63) is 96.6 Å². The molecular weight excluding hydrogens is 448 g/mol. The van der Waals surface area contributed by atoms with Crippen LogP contribution in [0.3, 0.4) is 0 Å². The van der Waals surface area contributed by atoms with Gasteiger partial charge < -0.3 is 18.9 Å². The Morgan fingerprint density at radius 2 is 1.49 bits per heavy atom. The molecule has 3 aliphatic heterocycles. The Morgan fingerprint density at radius 3 is 2.11 bits per heavy atom. The Balaban J connectivity index is 1.28. The van der Waals surface area contributed by atoms with E-state index >= 15 is 0 Å². The van der Waals surface area contributed by atoms with Crippen molar-refractivity contribution in [2.75, 3.05) is 11.6 Å². The number of para-hydroxylation sites is 2. The number of carbonyl (C=O) groups excluding carboxylic acids is 2. The maximum absolute atomic E-state index is 13.2. The molecule has 178 valence electrons. The molecule has 0 radical (unpaired) electrons. The zero-order chi connectivity index (χ0) is 23.8. The Bertz CT molecular complexity index is 1150. The monoisotopic (exact) mass is 472 g/mol. The van der Waals surface area contributed by atoms with Gasteiger partial charge in [0.25, 0.3) is 0 Å². The molecule has 1 N–H and O–H groups in total. The number of benzene rings is 3. The lowest BCUT2D eigenvalue weighted by molar-refractivity contribution is -0.207. The lowest BCUT2D eigenvalue weighted by atomic mass is 9.86. The first-order chi connectivity index (χ1) is 17.2. The summed E-state index contributed by atoms with van der Waals surface area (Å²) in [5.41, 5.74) is 5.49. The highest BCUT2D eigenvalue weighted by molar-refractivity contribution is 5.89. The minimum absolute atomic E-state index is 0.288. The molecule has 6 atom stereocenters. The molecule has 3 heterocycles. The molecular formula is C27H24N2O6. The van der Waals surface area contributed by atoms with Crippen LogP contribution in [0.15, 0.2) is 91.0 Å². The Hall–Kier alpha value is -3.72. The van der Waals surface area contributed by atoms with Crippen LogP contribution in [0.4, 0.5) is 11.4 Å². The van der Waals surface area contributed by atoms with Crippen molar-refractivity contribution in [2.24, 2.45) is 5.92 Å². The summed E-state index contributed by atoms with van der Waals surface area (Å²) in [6.07, 6.45) is -2.70. The highest BCUT2D eigenvalue weighted by Gasteiger charge is 2.62. The van der Waals surface area contributed by atoms with E-state index in [4.69, 9.17) is 18.9 Å². The fourth-order valence-electron chi connectivity index (χ4n) is 4.93. The molecule has 0 unspecified atom stereocenters. The van der Waals surface area contributed by atoms with E-state index in [1.165, 1.54) is 0 Å². The Labute approximate surface area is 202 Å². The first-order valence-electron chi connectivity index (χ1n) is 11.6. The van der Waals surface area contributed by atoms with E-state index in [-0.39, 0.29) is 12.7 Å². The van der Waals surface area contributed by atoms with Crippen LogP contribution in [0.5, 0.6) is 0 Å². The van der Waals surface area contributed by atoms with E-state index in [1.54, 1.807) is 24.3 Å². The van der Waals surface area contributed by atoms with Crippen molar-refractivity contribution < 1.29 is 28.5 Å². The van der Waals surface area contributed by atoms with Gasteiger partial charge in [-0.25, -0.2) is 10.2 Å². The number of fused-ring (bicyclic) bond motifs is 4. The number of nitrogens with one attached hydrogen (secondary N) is 1. The van der Waals surface area contributed by atoms with Crippen LogP contribution in [0.1, 0.15) is 10.4 Å². The maximum atomic E-state index is 13.2. The second-order valence-electron chi connectivity index (χ2n) is 8.70. The van der Waals surface area contributed by atoms with Gasteiger partial charge in [0.2, 0.25) is 0 Å². The van der Waals surface area contributed by atoms with Crippen molar-refractivity contribution in [3.63, 3.8) is 0 Å². The summed E-state index contributed by atoms with van der Waals surface area (Å²) in [6.45, 7) is 0.288. The quantitative estimate of drug-likeness (QED) is 0.432. The summed E-state index contributed by atoms with van der Waals surface area (Å²) in [4.78, 5) is 26.0. The van der Waals surface area contributed by atoms with Gasteiger partial charge in [-0.3, -0.25) is 9.80 Å². The van der Waals surface area contributed by atoms with E-state index in [9.17, 15) is 9.59 Å². The number of hydrogen-bond donors (Lipinski definition) is 1. The molecule has 0 amide bonds. The third kappa shape index (κ3) is 4.05. The van der Waals surface area contributed by atoms with E-state index < -0.39 is 42.4 Å². The van der Waals surface area contributed by atoms with Crippen molar-refractivity contribution in [1.82, 2.24) is 5.43 Å². The zero-order valence-corrected chi connectivity index (χ0v) is 18.7. The molecule has 8 nitrogen and oxygen atoms in total. The number of anilines is 2. The SMILES string of the molecule is O=C(O[C@H]1[C@@H]2OC[C@@H](O2)[C@H]2[C@@H]1OC(=O)[C@H]2NN(c1ccccc1)c1ccccc1)c1ccccc1. The largest absolute Gasteiger partial charge is 0.456 e. The first-order valence-corrected chi connectivity index (χ1v) is 11.6. The van der Waals surface area contributed by atoms with Crippen LogP contribution < -0.4 is 10.4 Å². The summed E-state index contributed by atoms with van der Waals surface area (Å²) in [5.74, 6) is -1.35. The number of hydrazine groups is 1. The predicted octanol–water partition coefficient (Wildman–Crippen LogP) is 3.22. The summed E-state index contributed by atoms with van der Waals surface area (Å²) >= 11 is 0. The van der Waals surface area contributed by atoms with Gasteiger partial charge in [0.1, 0.15) is 6.04 Å². The first kappa shape index (κ1) is 21.8. The molecule has 3 aromatic carbocycles. The normalized spacial score (nSPS) is 28.7. The van der Waals surface area contributed by atoms with Crippen LogP contribution in [0, 0.1) is 5.92 Å². The van der Waals surface area contributed by atoms with E-state index in [1.807, 2.05) is 71.7 Å². The van der Waals surface area contributed by atoms with Crippen molar-refractivity contribution in [1.29, 1.82) is 0 Å². The Morgan fingerprint density at radius 1 is 0.886 bits per heavy atom. The highest BCUT2D eigenvalue weighted by Crippen LogP contribution is 2.42. The number of rotatable bonds is 6. The van der Waals surface area contributed by atoms with E-state index in [0.29, 0.717) is 5.56 Å². The van der Waals surface area contributed by atoms with Crippen molar-refractivity contribution in [2.45, 2.75) is 30.6 Å². The van der Waals surface area contributed by atoms with Gasteiger partial charge in [0.15, 0.2) is 18.5 Å². The smallest absolute Gasteiger partial charge is 0.338 e. The molecule has 2 bridgehead atoms. The van der Waals surface area contributed by atoms with Crippen molar-refractivity contribution >= 4 is 23.3 Å². The molecule has 0 aromatic heterocycles. The fourth-order valence-corrected chi connectivity index (χ4v) is 4.93. The topological polar surface area (TPSA) is 86.3 Å². The molecule has 8 heteroatoms. The minimum Gasteiger partial charge on any atom is -0.456 e. The van der Waals surface area contributed by atoms with Gasteiger partial charge in [0.05, 0.1) is 35.6 Å². The average Bonchev–Trinajstić information content (AvgIpc) is 3.48. The van der Waals surface area contributed by atoms with Crippen LogP contribution in [-0.2, 0) is 23.7 Å². The zero-order valence-electron chi connectivity index (χ0n) is 18.7. The standard InChI is InChI=1S/C27H24N2O6/c30-25(17-10-4-1-5-11-17)35-24-23-21(20-16-32-27(24)33-20)22(26(31)34-23)28-29(18-12-6-2-7-13-18)19-14-8-3-9-15-19/h1-15,20-24,27-28H,16H2/t20-,21-,22+,23+,24-,27-/m1/s1. The number of hydrogen-bond acceptors (Lipinski definition) is 8. The highest BCUT2D eigenvalue weighted by atomic mass is 16.8. The second kappa shape index (κ2) is 9.14. The number of nitrogens with zero attached hydrogens (tertiary/aromatic N) is 1. The lowest BCUT2D eigenvalue weighted by Gasteiger charge is -2.37. The van der Waals surface area contributed by atoms with Crippen LogP contribution in [0.2, 0.25) is 0 Å². The number of esters is 2. The summed E-state index contributed by atoms with van der Waals surface area (Å²) in [5, 5.41) is 1.86. The minimum atomic E-state index is -0.871. The van der Waals surface area contributed by atoms with Crippen LogP contribution in [-0.4, -0.2) is 49.2 Å². The number of carbonyl (C=O) groups is 2. The molecule has 0 aliphatic carbocycles. The van der Waals surface area contributed by atoms with Gasteiger partial charge in [-0.1, -0.05) is 54.6 Å². The third-order valence-electron chi connectivity index (χ3n) is 6.58. The van der Waals surface area contributed by atoms with Crippen LogP contribution in [0.25, 0.3) is 0 Å². The summed E-state index contributed by atoms with van der Waals surface area (Å²) in [6, 6.07) is 27.4. The molecule has 6 rings (SSSR count). The average molecular weight is 472 g/mol. The Kier molecular flexibility index (Phi) is 5.69. The molecule has 0 spiro atoms. The van der Waals surface area contributed by atoms with Crippen molar-refractivity contribution in [3.8, 4) is 0 Å². The third-order valence-corrected chi connectivity index (χ3v) is 6.58. The van der Waals surface area contributed by atoms with Gasteiger partial charge in [0, 0.05) is 0 Å². The molecule has 3 aromatic rings. The fraction of sp³-hybridized carbons (Fsp3) is 0.259. The van der Waals surface area contributed by atoms with Gasteiger partial charge in [-0.05, 0) is 36.4 Å². The summed E-state index contributed by atoms with van der Waals surface area (Å²) < 4.78 is 23.4. The van der Waals surface area contributed by atoms with Gasteiger partial charge in [-0.2, -0.15) is 0 Å². The molecule has 0 saturated carbocycles. The lowest BCUT2D eigenvalue weighted by Crippen LogP contribution is -2.57. The van der Waals surface area contributed by atoms with E-state index in [0.717, 1.165) is 11.4 Å². The molecule has 3 aliphatic rings. The summed E-state index contributed by atoms with van der Waals surface area (Å²) in [7, 11) is 0. The predicted molar refractivity (Wildman–Crippen MR) is 126 cm³/mol. The maximum Gasteiger partial charge on any atom is 0.338 e. The molecule has 3 saturated heterocycles. The molecule has 3 fully saturated rings.